The SMILES string of the molecule is Cc1cc(C)cc(Nc2ccc(NC(=O)c3cccc(F)c3)nn2)c1. The average Bonchev–Trinajstić information content (AvgIpc) is 2.56. The maximum atomic E-state index is 13.2. The molecule has 3 rings (SSSR count). The molecule has 0 unspecified atom stereocenters. The van der Waals surface area contributed by atoms with Crippen LogP contribution < -0.4 is 10.6 Å². The fourth-order valence-electron chi connectivity index (χ4n) is 2.48. The van der Waals surface area contributed by atoms with Crippen molar-refractivity contribution in [1.29, 1.82) is 0 Å². The van der Waals surface area contributed by atoms with Crippen molar-refractivity contribution < 1.29 is 9.18 Å². The van der Waals surface area contributed by atoms with Crippen molar-refractivity contribution in [3.63, 3.8) is 0 Å². The van der Waals surface area contributed by atoms with Crippen LogP contribution in [0.15, 0.2) is 54.6 Å². The Morgan fingerprint density at radius 2 is 1.60 bits per heavy atom. The van der Waals surface area contributed by atoms with E-state index in [4.69, 9.17) is 0 Å². The van der Waals surface area contributed by atoms with Crippen LogP contribution in [-0.4, -0.2) is 16.1 Å². The summed E-state index contributed by atoms with van der Waals surface area (Å²) in [7, 11) is 0. The topological polar surface area (TPSA) is 66.9 Å². The summed E-state index contributed by atoms with van der Waals surface area (Å²) in [6.07, 6.45) is 0. The highest BCUT2D eigenvalue weighted by Crippen LogP contribution is 2.18. The zero-order valence-electron chi connectivity index (χ0n) is 13.9. The third-order valence-electron chi connectivity index (χ3n) is 3.49. The smallest absolute Gasteiger partial charge is 0.256 e. The van der Waals surface area contributed by atoms with Crippen LogP contribution in [0.1, 0.15) is 21.5 Å². The molecule has 0 aliphatic heterocycles. The first-order valence-corrected chi connectivity index (χ1v) is 7.75. The highest BCUT2D eigenvalue weighted by atomic mass is 19.1. The molecule has 1 amide bonds. The van der Waals surface area contributed by atoms with Crippen LogP contribution in [0, 0.1) is 19.7 Å². The summed E-state index contributed by atoms with van der Waals surface area (Å²) in [6.45, 7) is 4.05. The molecule has 0 fully saturated rings. The van der Waals surface area contributed by atoms with Crippen molar-refractivity contribution in [2.24, 2.45) is 0 Å². The van der Waals surface area contributed by atoms with E-state index in [0.717, 1.165) is 16.8 Å². The van der Waals surface area contributed by atoms with Crippen LogP contribution in [0.2, 0.25) is 0 Å². The first kappa shape index (κ1) is 16.6. The number of nitrogens with one attached hydrogen (secondary N) is 2. The standard InChI is InChI=1S/C19H17FN4O/c1-12-8-13(2)10-16(9-12)21-17-6-7-18(24-23-17)22-19(25)14-4-3-5-15(20)11-14/h3-11H,1-2H3,(H,21,23)(H,22,24,25). The number of carbonyl (C=O) groups is 1. The lowest BCUT2D eigenvalue weighted by molar-refractivity contribution is 0.102. The molecule has 1 heterocycles. The molecule has 2 N–H and O–H groups in total. The number of aryl methyl sites for hydroxylation is 2. The first-order chi connectivity index (χ1) is 12.0. The zero-order valence-corrected chi connectivity index (χ0v) is 13.9. The molecule has 0 spiro atoms. The number of halogens is 1. The van der Waals surface area contributed by atoms with Crippen molar-refractivity contribution in [1.82, 2.24) is 10.2 Å². The van der Waals surface area contributed by atoms with Crippen LogP contribution in [-0.2, 0) is 0 Å². The third kappa shape index (κ3) is 4.38. The number of hydrogen-bond donors (Lipinski definition) is 2. The Kier molecular flexibility index (Phi) is 4.70. The van der Waals surface area contributed by atoms with Crippen LogP contribution >= 0.6 is 0 Å². The molecule has 0 bridgehead atoms. The Morgan fingerprint density at radius 1 is 0.920 bits per heavy atom. The molecule has 0 atom stereocenters. The average molecular weight is 336 g/mol. The van der Waals surface area contributed by atoms with Crippen molar-refractivity contribution in [3.05, 3.63) is 77.1 Å². The van der Waals surface area contributed by atoms with Gasteiger partial charge in [0.25, 0.3) is 5.91 Å². The Morgan fingerprint density at radius 3 is 2.24 bits per heavy atom. The van der Waals surface area contributed by atoms with Crippen LogP contribution in [0.5, 0.6) is 0 Å². The van der Waals surface area contributed by atoms with E-state index >= 15 is 0 Å². The van der Waals surface area contributed by atoms with Gasteiger partial charge in [-0.25, -0.2) is 4.39 Å². The van der Waals surface area contributed by atoms with E-state index in [0.29, 0.717) is 11.6 Å². The number of anilines is 3. The third-order valence-corrected chi connectivity index (χ3v) is 3.49. The highest BCUT2D eigenvalue weighted by molar-refractivity contribution is 6.03. The Bertz CT molecular complexity index is 889. The van der Waals surface area contributed by atoms with Gasteiger partial charge in [0.2, 0.25) is 0 Å². The molecular formula is C19H17FN4O. The van der Waals surface area contributed by atoms with E-state index in [1.54, 1.807) is 12.1 Å². The minimum atomic E-state index is -0.466. The van der Waals surface area contributed by atoms with Crippen molar-refractivity contribution in [3.8, 4) is 0 Å². The van der Waals surface area contributed by atoms with Gasteiger partial charge < -0.3 is 10.6 Å². The van der Waals surface area contributed by atoms with Crippen LogP contribution in [0.4, 0.5) is 21.7 Å². The lowest BCUT2D eigenvalue weighted by Crippen LogP contribution is -2.13. The monoisotopic (exact) mass is 336 g/mol. The van der Waals surface area contributed by atoms with Gasteiger partial charge in [-0.15, -0.1) is 10.2 Å². The first-order valence-electron chi connectivity index (χ1n) is 7.75. The summed E-state index contributed by atoms with van der Waals surface area (Å²) in [5, 5.41) is 13.8. The number of benzene rings is 2. The molecule has 0 saturated carbocycles. The summed E-state index contributed by atoms with van der Waals surface area (Å²) >= 11 is 0. The normalized spacial score (nSPS) is 10.4. The molecule has 0 aliphatic rings. The summed E-state index contributed by atoms with van der Waals surface area (Å²) in [4.78, 5) is 12.1. The molecule has 1 aromatic heterocycles. The zero-order chi connectivity index (χ0) is 17.8. The van der Waals surface area contributed by atoms with Crippen LogP contribution in [0.25, 0.3) is 0 Å². The predicted molar refractivity (Wildman–Crippen MR) is 95.6 cm³/mol. The fourth-order valence-corrected chi connectivity index (χ4v) is 2.48. The fraction of sp³-hybridized carbons (Fsp3) is 0.105. The van der Waals surface area contributed by atoms with E-state index in [9.17, 15) is 9.18 Å². The Hall–Kier alpha value is -3.28. The molecule has 5 nitrogen and oxygen atoms in total. The number of rotatable bonds is 4. The highest BCUT2D eigenvalue weighted by Gasteiger charge is 2.08. The number of nitrogens with zero attached hydrogens (tertiary/aromatic N) is 2. The van der Waals surface area contributed by atoms with Gasteiger partial charge in [-0.05, 0) is 67.4 Å². The predicted octanol–water partition coefficient (Wildman–Crippen LogP) is 4.23. The minimum Gasteiger partial charge on any atom is -0.339 e. The molecule has 126 valence electrons. The lowest BCUT2D eigenvalue weighted by atomic mass is 10.1. The van der Waals surface area contributed by atoms with E-state index < -0.39 is 11.7 Å². The van der Waals surface area contributed by atoms with Crippen molar-refractivity contribution in [2.45, 2.75) is 13.8 Å². The summed E-state index contributed by atoms with van der Waals surface area (Å²) in [5.41, 5.74) is 3.44. The van der Waals surface area contributed by atoms with Crippen molar-refractivity contribution in [2.75, 3.05) is 10.6 Å². The van der Waals surface area contributed by atoms with Gasteiger partial charge in [-0.1, -0.05) is 12.1 Å². The summed E-state index contributed by atoms with van der Waals surface area (Å²) in [5.74, 6) is -0.0514. The Balaban J connectivity index is 1.68. The van der Waals surface area contributed by atoms with E-state index in [1.807, 2.05) is 26.0 Å². The second-order valence-corrected chi connectivity index (χ2v) is 5.77. The number of carbonyl (C=O) groups excluding carboxylic acids is 1. The van der Waals surface area contributed by atoms with E-state index in [-0.39, 0.29) is 5.56 Å². The number of aromatic nitrogens is 2. The molecule has 0 aliphatic carbocycles. The van der Waals surface area contributed by atoms with Crippen LogP contribution in [0.3, 0.4) is 0 Å². The molecule has 3 aromatic rings. The molecular weight excluding hydrogens is 319 g/mol. The maximum absolute atomic E-state index is 13.2. The second-order valence-electron chi connectivity index (χ2n) is 5.77. The number of hydrogen-bond acceptors (Lipinski definition) is 4. The van der Waals surface area contributed by atoms with Gasteiger partial charge in [0.15, 0.2) is 11.6 Å². The molecule has 0 saturated heterocycles. The second kappa shape index (κ2) is 7.09. The quantitative estimate of drug-likeness (QED) is 0.748. The maximum Gasteiger partial charge on any atom is 0.256 e. The van der Waals surface area contributed by atoms with Gasteiger partial charge in [-0.2, -0.15) is 0 Å². The lowest BCUT2D eigenvalue weighted by Gasteiger charge is -2.08. The minimum absolute atomic E-state index is 0.222. The van der Waals surface area contributed by atoms with E-state index in [2.05, 4.69) is 26.9 Å². The van der Waals surface area contributed by atoms with Gasteiger partial charge >= 0.3 is 0 Å². The van der Waals surface area contributed by atoms with Gasteiger partial charge in [0.05, 0.1) is 0 Å². The van der Waals surface area contributed by atoms with Crippen molar-refractivity contribution >= 4 is 23.2 Å². The molecule has 0 radical (unpaired) electrons. The van der Waals surface area contributed by atoms with Gasteiger partial charge in [-0.3, -0.25) is 4.79 Å². The number of amides is 1. The molecule has 6 heteroatoms. The van der Waals surface area contributed by atoms with Gasteiger partial charge in [0, 0.05) is 11.3 Å². The largest absolute Gasteiger partial charge is 0.339 e. The molecule has 25 heavy (non-hydrogen) atoms. The van der Waals surface area contributed by atoms with Gasteiger partial charge in [0.1, 0.15) is 5.82 Å². The Labute approximate surface area is 144 Å². The molecule has 2 aromatic carbocycles. The van der Waals surface area contributed by atoms with E-state index in [1.165, 1.54) is 24.3 Å². The summed E-state index contributed by atoms with van der Waals surface area (Å²) in [6, 6.07) is 14.9. The summed E-state index contributed by atoms with van der Waals surface area (Å²) < 4.78 is 13.2.